The molecule has 1 amide bonds. The zero-order valence-electron chi connectivity index (χ0n) is 8.22. The van der Waals surface area contributed by atoms with Gasteiger partial charge in [0, 0.05) is 6.54 Å². The average molecular weight is 173 g/mol. The second-order valence-electron chi connectivity index (χ2n) is 2.75. The van der Waals surface area contributed by atoms with Crippen LogP contribution >= 0.6 is 0 Å². The van der Waals surface area contributed by atoms with Crippen molar-refractivity contribution >= 4 is 6.09 Å². The molecule has 0 aromatic heterocycles. The first-order valence-corrected chi connectivity index (χ1v) is 4.69. The number of amides is 1. The summed E-state index contributed by atoms with van der Waals surface area (Å²) in [6.45, 7) is 6.62. The molecule has 12 heavy (non-hydrogen) atoms. The number of rotatable bonds is 5. The zero-order chi connectivity index (χ0) is 9.40. The van der Waals surface area contributed by atoms with E-state index in [0.717, 1.165) is 19.3 Å². The molecule has 72 valence electrons. The summed E-state index contributed by atoms with van der Waals surface area (Å²) in [6.07, 6.45) is 2.69. The average Bonchev–Trinajstić information content (AvgIpc) is 2.04. The molecule has 0 aliphatic heterocycles. The van der Waals surface area contributed by atoms with E-state index < -0.39 is 0 Å². The van der Waals surface area contributed by atoms with Crippen LogP contribution in [-0.2, 0) is 4.74 Å². The molecular weight excluding hydrogens is 154 g/mol. The maximum absolute atomic E-state index is 11.0. The maximum atomic E-state index is 11.0. The fourth-order valence-corrected chi connectivity index (χ4v) is 1.01. The number of nitrogens with one attached hydrogen (secondary N) is 1. The van der Waals surface area contributed by atoms with Crippen molar-refractivity contribution < 1.29 is 9.53 Å². The van der Waals surface area contributed by atoms with E-state index in [2.05, 4.69) is 12.2 Å². The highest BCUT2D eigenvalue weighted by Crippen LogP contribution is 2.05. The second kappa shape index (κ2) is 6.95. The van der Waals surface area contributed by atoms with Crippen LogP contribution in [0.5, 0.6) is 0 Å². The Kier molecular flexibility index (Phi) is 6.53. The molecule has 0 saturated heterocycles. The van der Waals surface area contributed by atoms with Crippen LogP contribution < -0.4 is 5.32 Å². The van der Waals surface area contributed by atoms with E-state index in [1.165, 1.54) is 0 Å². The Morgan fingerprint density at radius 3 is 2.50 bits per heavy atom. The Balaban J connectivity index is 3.61. The molecule has 0 aromatic rings. The highest BCUT2D eigenvalue weighted by atomic mass is 16.6. The number of alkyl carbamates (subject to hydrolysis) is 1. The number of carbonyl (C=O) groups excluding carboxylic acids is 1. The third-order valence-electron chi connectivity index (χ3n) is 1.66. The number of hydrogen-bond acceptors (Lipinski definition) is 2. The Morgan fingerprint density at radius 2 is 2.08 bits per heavy atom. The highest BCUT2D eigenvalue weighted by Gasteiger charge is 2.09. The molecule has 3 nitrogen and oxygen atoms in total. The minimum atomic E-state index is -0.294. The van der Waals surface area contributed by atoms with Gasteiger partial charge in [-0.15, -0.1) is 0 Å². The fraction of sp³-hybridized carbons (Fsp3) is 0.889. The second-order valence-corrected chi connectivity index (χ2v) is 2.75. The summed E-state index contributed by atoms with van der Waals surface area (Å²) in [5.41, 5.74) is 0. The third-order valence-corrected chi connectivity index (χ3v) is 1.66. The van der Waals surface area contributed by atoms with Gasteiger partial charge in [-0.25, -0.2) is 4.79 Å². The molecule has 0 aromatic carbocycles. The van der Waals surface area contributed by atoms with Gasteiger partial charge in [-0.2, -0.15) is 0 Å². The van der Waals surface area contributed by atoms with Crippen molar-refractivity contribution in [2.75, 3.05) is 6.54 Å². The summed E-state index contributed by atoms with van der Waals surface area (Å²) in [4.78, 5) is 11.0. The largest absolute Gasteiger partial charge is 0.446 e. The standard InChI is InChI=1S/C9H19NO2/c1-4-7-8(5-2)12-9(11)10-6-3/h8H,4-7H2,1-3H3,(H,10,11). The fourth-order valence-electron chi connectivity index (χ4n) is 1.01. The van der Waals surface area contributed by atoms with Gasteiger partial charge in [0.05, 0.1) is 0 Å². The van der Waals surface area contributed by atoms with Crippen molar-refractivity contribution in [2.45, 2.75) is 46.1 Å². The Hall–Kier alpha value is -0.730. The van der Waals surface area contributed by atoms with Crippen LogP contribution in [0.4, 0.5) is 4.79 Å². The lowest BCUT2D eigenvalue weighted by Crippen LogP contribution is -2.28. The summed E-state index contributed by atoms with van der Waals surface area (Å²) >= 11 is 0. The van der Waals surface area contributed by atoms with Gasteiger partial charge in [0.2, 0.25) is 0 Å². The first-order valence-electron chi connectivity index (χ1n) is 4.69. The van der Waals surface area contributed by atoms with E-state index >= 15 is 0 Å². The minimum Gasteiger partial charge on any atom is -0.446 e. The Labute approximate surface area is 74.5 Å². The van der Waals surface area contributed by atoms with Crippen LogP contribution in [0.1, 0.15) is 40.0 Å². The normalized spacial score (nSPS) is 12.2. The Morgan fingerprint density at radius 1 is 1.42 bits per heavy atom. The summed E-state index contributed by atoms with van der Waals surface area (Å²) in [5, 5.41) is 2.61. The van der Waals surface area contributed by atoms with Crippen molar-refractivity contribution in [3.63, 3.8) is 0 Å². The van der Waals surface area contributed by atoms with E-state index in [9.17, 15) is 4.79 Å². The number of ether oxygens (including phenoxy) is 1. The van der Waals surface area contributed by atoms with Crippen molar-refractivity contribution in [1.29, 1.82) is 0 Å². The molecule has 0 aliphatic rings. The smallest absolute Gasteiger partial charge is 0.407 e. The molecule has 0 saturated carbocycles. The quantitative estimate of drug-likeness (QED) is 0.692. The molecular formula is C9H19NO2. The van der Waals surface area contributed by atoms with Crippen molar-refractivity contribution in [1.82, 2.24) is 5.32 Å². The molecule has 0 heterocycles. The number of carbonyl (C=O) groups is 1. The summed E-state index contributed by atoms with van der Waals surface area (Å²) in [5.74, 6) is 0. The van der Waals surface area contributed by atoms with Gasteiger partial charge in [0.15, 0.2) is 0 Å². The van der Waals surface area contributed by atoms with Crippen LogP contribution in [0.2, 0.25) is 0 Å². The highest BCUT2D eigenvalue weighted by molar-refractivity contribution is 5.67. The van der Waals surface area contributed by atoms with Gasteiger partial charge in [-0.05, 0) is 19.8 Å². The number of hydrogen-bond donors (Lipinski definition) is 1. The SMILES string of the molecule is CCCC(CC)OC(=O)NCC. The summed E-state index contributed by atoms with van der Waals surface area (Å²) in [7, 11) is 0. The lowest BCUT2D eigenvalue weighted by molar-refractivity contribution is 0.0903. The molecule has 0 radical (unpaired) electrons. The molecule has 0 rings (SSSR count). The first kappa shape index (κ1) is 11.3. The molecule has 0 fully saturated rings. The molecule has 1 unspecified atom stereocenters. The summed E-state index contributed by atoms with van der Waals surface area (Å²) < 4.78 is 5.13. The maximum Gasteiger partial charge on any atom is 0.407 e. The summed E-state index contributed by atoms with van der Waals surface area (Å²) in [6, 6.07) is 0. The van der Waals surface area contributed by atoms with E-state index in [0.29, 0.717) is 6.54 Å². The van der Waals surface area contributed by atoms with Crippen LogP contribution in [0, 0.1) is 0 Å². The lowest BCUT2D eigenvalue weighted by atomic mass is 10.2. The van der Waals surface area contributed by atoms with Gasteiger partial charge in [-0.3, -0.25) is 0 Å². The molecule has 3 heteroatoms. The van der Waals surface area contributed by atoms with Gasteiger partial charge in [0.25, 0.3) is 0 Å². The zero-order valence-corrected chi connectivity index (χ0v) is 8.22. The minimum absolute atomic E-state index is 0.0848. The van der Waals surface area contributed by atoms with Gasteiger partial charge in [-0.1, -0.05) is 20.3 Å². The van der Waals surface area contributed by atoms with Gasteiger partial charge < -0.3 is 10.1 Å². The van der Waals surface area contributed by atoms with Gasteiger partial charge in [0.1, 0.15) is 6.10 Å². The van der Waals surface area contributed by atoms with Gasteiger partial charge >= 0.3 is 6.09 Å². The van der Waals surface area contributed by atoms with E-state index in [-0.39, 0.29) is 12.2 Å². The molecule has 1 atom stereocenters. The van der Waals surface area contributed by atoms with E-state index in [1.54, 1.807) is 0 Å². The first-order chi connectivity index (χ1) is 5.74. The molecule has 1 N–H and O–H groups in total. The predicted octanol–water partition coefficient (Wildman–Crippen LogP) is 2.31. The van der Waals surface area contributed by atoms with Crippen molar-refractivity contribution in [2.24, 2.45) is 0 Å². The van der Waals surface area contributed by atoms with Crippen molar-refractivity contribution in [3.8, 4) is 0 Å². The third kappa shape index (κ3) is 4.99. The van der Waals surface area contributed by atoms with Crippen LogP contribution in [0.15, 0.2) is 0 Å². The lowest BCUT2D eigenvalue weighted by Gasteiger charge is -2.14. The Bertz CT molecular complexity index is 126. The van der Waals surface area contributed by atoms with E-state index in [4.69, 9.17) is 4.74 Å². The van der Waals surface area contributed by atoms with Crippen LogP contribution in [0.3, 0.4) is 0 Å². The topological polar surface area (TPSA) is 38.3 Å². The molecule has 0 bridgehead atoms. The monoisotopic (exact) mass is 173 g/mol. The molecule has 0 aliphatic carbocycles. The van der Waals surface area contributed by atoms with E-state index in [1.807, 2.05) is 13.8 Å². The van der Waals surface area contributed by atoms with Crippen molar-refractivity contribution in [3.05, 3.63) is 0 Å². The van der Waals surface area contributed by atoms with Crippen LogP contribution in [-0.4, -0.2) is 18.7 Å². The molecule has 0 spiro atoms. The predicted molar refractivity (Wildman–Crippen MR) is 49.1 cm³/mol. The van der Waals surface area contributed by atoms with Crippen LogP contribution in [0.25, 0.3) is 0 Å².